The van der Waals surface area contributed by atoms with Crippen LogP contribution < -0.4 is 30.1 Å². The Bertz CT molecular complexity index is 2070. The number of cyclic esters (lactones) is 1. The van der Waals surface area contributed by atoms with Crippen LogP contribution in [0.4, 0.5) is 9.93 Å². The van der Waals surface area contributed by atoms with E-state index in [0.717, 1.165) is 5.13 Å². The summed E-state index contributed by atoms with van der Waals surface area (Å²) in [7, 11) is -2.34. The Morgan fingerprint density at radius 2 is 1.98 bits per heavy atom. The number of amides is 4. The third-order valence-electron chi connectivity index (χ3n) is 9.52. The lowest BCUT2D eigenvalue weighted by atomic mass is 10.1. The molecule has 0 unspecified atom stereocenters. The van der Waals surface area contributed by atoms with E-state index in [2.05, 4.69) is 27.3 Å². The average molecular weight is 754 g/mol. The zero-order chi connectivity index (χ0) is 36.9. The Balaban J connectivity index is 1.18. The maximum atomic E-state index is 14.1. The van der Waals surface area contributed by atoms with E-state index in [1.165, 1.54) is 22.3 Å². The van der Waals surface area contributed by atoms with Crippen LogP contribution in [0.25, 0.3) is 22.3 Å². The summed E-state index contributed by atoms with van der Waals surface area (Å²) in [6.07, 6.45) is 1.08. The summed E-state index contributed by atoms with van der Waals surface area (Å²) in [6.45, 7) is 7.51. The lowest BCUT2D eigenvalue weighted by Crippen LogP contribution is -2.58. The molecule has 2 aromatic heterocycles. The SMILES string of the molecule is C=C[C@@H]1C[C@]1(NC(=O)[C@@H]1C[C@@H](Oc2cc(-c3csc(NC(C)C)n3)nc3cc(OC)ccc23)CN1C(=O)[C@@H]1COC(=O)N1)C(=O)NS(=O)(=O)C1CC1. The zero-order valence-corrected chi connectivity index (χ0v) is 30.3. The first-order valence-electron chi connectivity index (χ1n) is 16.9. The normalized spacial score (nSPS) is 25.3. The Kier molecular flexibility index (Phi) is 9.23. The molecular weight excluding hydrogens is 715 g/mol. The number of rotatable bonds is 13. The highest BCUT2D eigenvalue weighted by molar-refractivity contribution is 7.91. The topological polar surface area (TPSA) is 207 Å². The van der Waals surface area contributed by atoms with Crippen LogP contribution in [0.2, 0.25) is 0 Å². The Morgan fingerprint density at radius 1 is 1.19 bits per heavy atom. The summed E-state index contributed by atoms with van der Waals surface area (Å²) in [5.74, 6) is -1.60. The average Bonchev–Trinajstić information content (AvgIpc) is 3.93. The Labute approximate surface area is 303 Å². The van der Waals surface area contributed by atoms with Crippen molar-refractivity contribution in [2.75, 3.05) is 25.6 Å². The van der Waals surface area contributed by atoms with Gasteiger partial charge in [0.05, 0.1) is 30.1 Å². The number of carbonyl (C=O) groups is 4. The van der Waals surface area contributed by atoms with Gasteiger partial charge in [-0.15, -0.1) is 17.9 Å². The summed E-state index contributed by atoms with van der Waals surface area (Å²) in [5.41, 5.74) is 0.176. The minimum Gasteiger partial charge on any atom is -0.497 e. The fourth-order valence-corrected chi connectivity index (χ4v) is 8.74. The van der Waals surface area contributed by atoms with Crippen molar-refractivity contribution in [1.82, 2.24) is 30.2 Å². The Hall–Kier alpha value is -4.97. The maximum absolute atomic E-state index is 14.1. The van der Waals surface area contributed by atoms with E-state index in [0.29, 0.717) is 46.6 Å². The first-order valence-corrected chi connectivity index (χ1v) is 19.3. The van der Waals surface area contributed by atoms with Gasteiger partial charge in [-0.3, -0.25) is 19.1 Å². The minimum atomic E-state index is -3.89. The molecule has 276 valence electrons. The molecule has 2 saturated carbocycles. The van der Waals surface area contributed by atoms with Gasteiger partial charge in [0.2, 0.25) is 21.8 Å². The number of pyridine rings is 1. The highest BCUT2D eigenvalue weighted by Gasteiger charge is 2.62. The van der Waals surface area contributed by atoms with Gasteiger partial charge in [-0.05, 0) is 45.2 Å². The highest BCUT2D eigenvalue weighted by Crippen LogP contribution is 2.45. The molecule has 3 aromatic rings. The van der Waals surface area contributed by atoms with Crippen LogP contribution in [0.5, 0.6) is 11.5 Å². The van der Waals surface area contributed by atoms with E-state index in [4.69, 9.17) is 24.2 Å². The molecule has 4 heterocycles. The van der Waals surface area contributed by atoms with Gasteiger partial charge in [-0.2, -0.15) is 0 Å². The van der Waals surface area contributed by atoms with Gasteiger partial charge in [0.15, 0.2) is 5.13 Å². The van der Waals surface area contributed by atoms with Crippen LogP contribution in [0.15, 0.2) is 42.3 Å². The number of anilines is 1. The first-order chi connectivity index (χ1) is 24.8. The number of methoxy groups -OCH3 is 1. The van der Waals surface area contributed by atoms with Gasteiger partial charge < -0.3 is 35.1 Å². The van der Waals surface area contributed by atoms with Crippen LogP contribution in [-0.4, -0.2) is 102 Å². The van der Waals surface area contributed by atoms with Gasteiger partial charge in [0.1, 0.15) is 47.5 Å². The van der Waals surface area contributed by atoms with E-state index in [1.54, 1.807) is 31.4 Å². The van der Waals surface area contributed by atoms with Crippen LogP contribution >= 0.6 is 11.3 Å². The Morgan fingerprint density at radius 3 is 2.63 bits per heavy atom. The monoisotopic (exact) mass is 753 g/mol. The molecule has 5 atom stereocenters. The van der Waals surface area contributed by atoms with Crippen LogP contribution in [0.3, 0.4) is 0 Å². The summed E-state index contributed by atoms with van der Waals surface area (Å²) in [4.78, 5) is 63.9. The molecule has 52 heavy (non-hydrogen) atoms. The number of hydrogen-bond acceptors (Lipinski definition) is 13. The van der Waals surface area contributed by atoms with Crippen molar-refractivity contribution in [1.29, 1.82) is 0 Å². The fourth-order valence-electron chi connectivity index (χ4n) is 6.53. The third kappa shape index (κ3) is 6.96. The predicted molar refractivity (Wildman–Crippen MR) is 190 cm³/mol. The van der Waals surface area contributed by atoms with Gasteiger partial charge in [0, 0.05) is 41.3 Å². The van der Waals surface area contributed by atoms with Gasteiger partial charge in [0.25, 0.3) is 5.91 Å². The molecule has 0 radical (unpaired) electrons. The third-order valence-corrected chi connectivity index (χ3v) is 12.1. The van der Waals surface area contributed by atoms with Crippen molar-refractivity contribution < 1.29 is 41.8 Å². The van der Waals surface area contributed by atoms with Crippen molar-refractivity contribution in [3.05, 3.63) is 42.3 Å². The summed E-state index contributed by atoms with van der Waals surface area (Å²) in [5, 5.41) is 11.1. The molecule has 4 amide bonds. The van der Waals surface area contributed by atoms with E-state index in [9.17, 15) is 27.6 Å². The van der Waals surface area contributed by atoms with Crippen molar-refractivity contribution in [3.63, 3.8) is 0 Å². The summed E-state index contributed by atoms with van der Waals surface area (Å²) >= 11 is 1.44. The fraction of sp³-hybridized carbons (Fsp3) is 0.471. The second kappa shape index (κ2) is 13.5. The molecule has 2 saturated heterocycles. The lowest BCUT2D eigenvalue weighted by Gasteiger charge is -2.27. The molecule has 4 fully saturated rings. The van der Waals surface area contributed by atoms with E-state index in [-0.39, 0.29) is 32.0 Å². The van der Waals surface area contributed by atoms with E-state index >= 15 is 0 Å². The highest BCUT2D eigenvalue weighted by atomic mass is 32.2. The van der Waals surface area contributed by atoms with Gasteiger partial charge >= 0.3 is 6.09 Å². The smallest absolute Gasteiger partial charge is 0.407 e. The molecular formula is C34H39N7O9S2. The zero-order valence-electron chi connectivity index (χ0n) is 28.7. The van der Waals surface area contributed by atoms with Crippen molar-refractivity contribution in [3.8, 4) is 22.9 Å². The van der Waals surface area contributed by atoms with Gasteiger partial charge in [-0.25, -0.2) is 23.2 Å². The number of ether oxygens (including phenoxy) is 3. The van der Waals surface area contributed by atoms with Crippen LogP contribution in [-0.2, 0) is 29.1 Å². The standard InChI is InChI=1S/C34H39N7O9S2/c1-5-18-13-34(18,31(44)40-52(46,47)21-7-8-21)39-29(42)27-11-20(14-41(27)30(43)25-15-49-33(45)38-25)50-28-12-24(26-16-51-32(37-26)35-17(2)3)36-23-10-19(48-4)6-9-22(23)28/h5-6,9-10,12,16-18,20-21,25,27H,1,7-8,11,13-15H2,2-4H3,(H,35,37)(H,38,45)(H,39,42)(H,40,44)/t18-,20-,25+,27+,34-/m1/s1. The molecule has 0 spiro atoms. The van der Waals surface area contributed by atoms with Crippen molar-refractivity contribution in [2.45, 2.75) is 74.5 Å². The van der Waals surface area contributed by atoms with Gasteiger partial charge in [-0.1, -0.05) is 6.08 Å². The molecule has 2 aliphatic carbocycles. The largest absolute Gasteiger partial charge is 0.497 e. The molecule has 4 N–H and O–H groups in total. The number of thiazole rings is 1. The maximum Gasteiger partial charge on any atom is 0.407 e. The minimum absolute atomic E-state index is 0.0182. The second-order valence-corrected chi connectivity index (χ2v) is 16.5. The molecule has 2 aliphatic heterocycles. The number of alkyl carbamates (subject to hydrolysis) is 1. The molecule has 16 nitrogen and oxygen atoms in total. The summed E-state index contributed by atoms with van der Waals surface area (Å²) < 4.78 is 44.4. The number of fused-ring (bicyclic) bond motifs is 1. The van der Waals surface area contributed by atoms with E-state index in [1.807, 2.05) is 19.2 Å². The predicted octanol–water partition coefficient (Wildman–Crippen LogP) is 2.31. The number of benzene rings is 1. The number of nitrogens with one attached hydrogen (secondary N) is 4. The number of hydrogen-bond donors (Lipinski definition) is 4. The van der Waals surface area contributed by atoms with Crippen molar-refractivity contribution >= 4 is 61.2 Å². The molecule has 0 bridgehead atoms. The molecule has 4 aliphatic rings. The molecule has 18 heteroatoms. The number of aromatic nitrogens is 2. The van der Waals surface area contributed by atoms with Crippen LogP contribution in [0.1, 0.15) is 39.5 Å². The molecule has 7 rings (SSSR count). The van der Waals surface area contributed by atoms with Crippen LogP contribution in [0, 0.1) is 5.92 Å². The number of likely N-dealkylation sites (tertiary alicyclic amines) is 1. The lowest BCUT2D eigenvalue weighted by molar-refractivity contribution is -0.141. The van der Waals surface area contributed by atoms with Crippen molar-refractivity contribution in [2.24, 2.45) is 5.92 Å². The summed E-state index contributed by atoms with van der Waals surface area (Å²) in [6, 6.07) is 5.11. The first kappa shape index (κ1) is 35.4. The quantitative estimate of drug-likeness (QED) is 0.186. The number of nitrogens with zero attached hydrogens (tertiary/aromatic N) is 3. The molecule has 1 aromatic carbocycles. The number of carbonyl (C=O) groups excluding carboxylic acids is 4. The second-order valence-electron chi connectivity index (χ2n) is 13.7. The van der Waals surface area contributed by atoms with E-state index < -0.39 is 68.7 Å². The number of sulfonamides is 1.